The number of imide groups is 2. The van der Waals surface area contributed by atoms with Gasteiger partial charge in [0, 0.05) is 57.2 Å². The van der Waals surface area contributed by atoms with Gasteiger partial charge in [-0.15, -0.1) is 0 Å². The number of nitrogens with zero attached hydrogens (tertiary/aromatic N) is 6. The summed E-state index contributed by atoms with van der Waals surface area (Å²) in [7, 11) is 0. The zero-order valence-corrected chi connectivity index (χ0v) is 26.8. The van der Waals surface area contributed by atoms with E-state index < -0.39 is 35.6 Å². The molecule has 2 fully saturated rings. The van der Waals surface area contributed by atoms with Crippen molar-refractivity contribution in [1.29, 1.82) is 5.26 Å². The molecule has 0 spiro atoms. The van der Waals surface area contributed by atoms with Crippen LogP contribution in [0.15, 0.2) is 55.0 Å². The van der Waals surface area contributed by atoms with Gasteiger partial charge in [-0.05, 0) is 42.7 Å². The molecule has 0 saturated carbocycles. The van der Waals surface area contributed by atoms with Crippen LogP contribution in [0.4, 0.5) is 11.5 Å². The third-order valence-corrected chi connectivity index (χ3v) is 9.22. The number of amides is 6. The fraction of sp³-hybridized carbons (Fsp3) is 0.286. The lowest BCUT2D eigenvalue weighted by molar-refractivity contribution is -0.136. The van der Waals surface area contributed by atoms with Gasteiger partial charge in [-0.1, -0.05) is 18.2 Å². The number of carbonyl (C=O) groups excluding carboxylic acids is 6. The van der Waals surface area contributed by atoms with E-state index in [9.17, 15) is 34.0 Å². The molecule has 1 unspecified atom stereocenters. The van der Waals surface area contributed by atoms with Crippen LogP contribution in [0.3, 0.4) is 0 Å². The molecular formula is C35H31N9O6. The lowest BCUT2D eigenvalue weighted by Crippen LogP contribution is -2.54. The minimum atomic E-state index is -1.11. The Morgan fingerprint density at radius 3 is 2.54 bits per heavy atom. The number of aromatic nitrogens is 3. The maximum atomic E-state index is 13.3. The van der Waals surface area contributed by atoms with E-state index in [0.29, 0.717) is 37.4 Å². The zero-order chi connectivity index (χ0) is 34.9. The number of carbonyl (C=O) groups is 6. The Morgan fingerprint density at radius 1 is 0.960 bits per heavy atom. The largest absolute Gasteiger partial charge is 0.352 e. The summed E-state index contributed by atoms with van der Waals surface area (Å²) in [6.07, 6.45) is 3.81. The van der Waals surface area contributed by atoms with Gasteiger partial charge >= 0.3 is 0 Å². The maximum Gasteiger partial charge on any atom is 0.264 e. The van der Waals surface area contributed by atoms with Crippen LogP contribution in [0.25, 0.3) is 22.2 Å². The van der Waals surface area contributed by atoms with Crippen molar-refractivity contribution in [1.82, 2.24) is 30.1 Å². The number of nitriles is 1. The van der Waals surface area contributed by atoms with Crippen molar-refractivity contribution in [2.75, 3.05) is 36.4 Å². The Labute approximate surface area is 285 Å². The number of fused-ring (bicyclic) bond motifs is 2. The molecule has 0 bridgehead atoms. The van der Waals surface area contributed by atoms with Gasteiger partial charge < -0.3 is 20.1 Å². The topological polar surface area (TPSA) is 202 Å². The minimum absolute atomic E-state index is 0.00205. The summed E-state index contributed by atoms with van der Waals surface area (Å²) >= 11 is 0. The molecule has 2 aromatic carbocycles. The van der Waals surface area contributed by atoms with Gasteiger partial charge in [-0.3, -0.25) is 39.0 Å². The van der Waals surface area contributed by atoms with E-state index in [1.165, 1.54) is 24.5 Å². The summed E-state index contributed by atoms with van der Waals surface area (Å²) in [5.74, 6) is -2.32. The van der Waals surface area contributed by atoms with Gasteiger partial charge in [0.2, 0.25) is 23.6 Å². The third-order valence-electron chi connectivity index (χ3n) is 9.22. The molecule has 6 amide bonds. The van der Waals surface area contributed by atoms with E-state index >= 15 is 0 Å². The molecule has 0 radical (unpaired) electrons. The van der Waals surface area contributed by atoms with Crippen molar-refractivity contribution in [2.24, 2.45) is 0 Å². The number of anilines is 2. The predicted molar refractivity (Wildman–Crippen MR) is 178 cm³/mol. The predicted octanol–water partition coefficient (Wildman–Crippen LogP) is 2.36. The monoisotopic (exact) mass is 673 g/mol. The molecule has 7 rings (SSSR count). The number of hydrogen-bond donors (Lipinski definition) is 3. The molecule has 5 heterocycles. The molecule has 15 heteroatoms. The number of benzene rings is 2. The van der Waals surface area contributed by atoms with E-state index in [1.54, 1.807) is 11.0 Å². The number of aromatic amines is 1. The van der Waals surface area contributed by atoms with Crippen molar-refractivity contribution >= 4 is 58.0 Å². The third kappa shape index (κ3) is 5.91. The molecule has 0 aliphatic carbocycles. The van der Waals surface area contributed by atoms with Crippen LogP contribution in [-0.2, 0) is 19.2 Å². The SMILES string of the molecule is N#Cc1cccc(-c2c[nH]c3ncnc(N4CCN(C(=O)CCCC(=O)Nc5cccc6c5C(=O)N(C5CCC(=O)NC5=O)C6=O)CC4)c23)c1. The Balaban J connectivity index is 0.935. The van der Waals surface area contributed by atoms with Gasteiger partial charge in [0.05, 0.1) is 33.8 Å². The summed E-state index contributed by atoms with van der Waals surface area (Å²) in [4.78, 5) is 93.2. The van der Waals surface area contributed by atoms with Gasteiger partial charge in [-0.2, -0.15) is 5.26 Å². The first kappa shape index (κ1) is 32.1. The lowest BCUT2D eigenvalue weighted by atomic mass is 10.0. The fourth-order valence-corrected chi connectivity index (χ4v) is 6.73. The molecule has 3 aliphatic heterocycles. The van der Waals surface area contributed by atoms with Gasteiger partial charge in [0.1, 0.15) is 23.8 Å². The molecule has 15 nitrogen and oxygen atoms in total. The maximum absolute atomic E-state index is 13.3. The standard InChI is InChI=1S/C35H31N9O6/c36-17-20-4-1-5-21(16-20)23-18-37-31-30(23)32(39-19-38-31)43-14-12-42(13-15-43)28(47)9-3-8-26(45)40-24-7-2-6-22-29(24)35(50)44(34(22)49)25-10-11-27(46)41-33(25)48/h1-2,4-7,16,18-19,25H,3,8-15H2,(H,40,45)(H,37,38,39)(H,41,46,48). The Morgan fingerprint density at radius 2 is 1.76 bits per heavy atom. The molecule has 252 valence electrons. The highest BCUT2D eigenvalue weighted by atomic mass is 16.2. The van der Waals surface area contributed by atoms with Crippen molar-refractivity contribution in [3.63, 3.8) is 0 Å². The highest BCUT2D eigenvalue weighted by Gasteiger charge is 2.45. The van der Waals surface area contributed by atoms with E-state index in [0.717, 1.165) is 27.2 Å². The summed E-state index contributed by atoms with van der Waals surface area (Å²) in [5, 5.41) is 15.1. The second-order valence-corrected chi connectivity index (χ2v) is 12.3. The second-order valence-electron chi connectivity index (χ2n) is 12.3. The van der Waals surface area contributed by atoms with Crippen LogP contribution in [0.5, 0.6) is 0 Å². The van der Waals surface area contributed by atoms with Crippen LogP contribution in [-0.4, -0.2) is 92.4 Å². The molecule has 4 aromatic rings. The molecule has 2 aromatic heterocycles. The highest BCUT2D eigenvalue weighted by molar-refractivity contribution is 6.26. The van der Waals surface area contributed by atoms with Crippen molar-refractivity contribution < 1.29 is 28.8 Å². The van der Waals surface area contributed by atoms with Crippen molar-refractivity contribution in [3.05, 3.63) is 71.7 Å². The highest BCUT2D eigenvalue weighted by Crippen LogP contribution is 2.35. The van der Waals surface area contributed by atoms with Crippen LogP contribution in [0, 0.1) is 11.3 Å². The van der Waals surface area contributed by atoms with E-state index in [-0.39, 0.29) is 54.8 Å². The fourth-order valence-electron chi connectivity index (χ4n) is 6.73. The summed E-state index contributed by atoms with van der Waals surface area (Å²) in [5.41, 5.74) is 3.18. The smallest absolute Gasteiger partial charge is 0.264 e. The number of piperidine rings is 1. The first-order valence-corrected chi connectivity index (χ1v) is 16.2. The molecule has 1 atom stereocenters. The average molecular weight is 674 g/mol. The van der Waals surface area contributed by atoms with Crippen LogP contribution < -0.4 is 15.5 Å². The van der Waals surface area contributed by atoms with Crippen LogP contribution >= 0.6 is 0 Å². The van der Waals surface area contributed by atoms with E-state index in [2.05, 4.69) is 36.6 Å². The number of H-pyrrole nitrogens is 1. The van der Waals surface area contributed by atoms with E-state index in [4.69, 9.17) is 0 Å². The minimum Gasteiger partial charge on any atom is -0.352 e. The number of rotatable bonds is 8. The Kier molecular flexibility index (Phi) is 8.50. The molecule has 2 saturated heterocycles. The lowest BCUT2D eigenvalue weighted by Gasteiger charge is -2.35. The summed E-state index contributed by atoms with van der Waals surface area (Å²) < 4.78 is 0. The zero-order valence-electron chi connectivity index (χ0n) is 26.8. The summed E-state index contributed by atoms with van der Waals surface area (Å²) in [6, 6.07) is 12.9. The number of piperazine rings is 1. The van der Waals surface area contributed by atoms with E-state index in [1.807, 2.05) is 24.4 Å². The van der Waals surface area contributed by atoms with Gasteiger partial charge in [0.15, 0.2) is 0 Å². The van der Waals surface area contributed by atoms with Gasteiger partial charge in [-0.25, -0.2) is 9.97 Å². The molecular weight excluding hydrogens is 642 g/mol. The van der Waals surface area contributed by atoms with Gasteiger partial charge in [0.25, 0.3) is 11.8 Å². The first-order valence-electron chi connectivity index (χ1n) is 16.2. The normalized spacial score (nSPS) is 17.5. The Hall–Kier alpha value is -6.43. The Bertz CT molecular complexity index is 2130. The second kappa shape index (κ2) is 13.2. The number of hydrogen-bond acceptors (Lipinski definition) is 10. The van der Waals surface area contributed by atoms with Crippen LogP contribution in [0.1, 0.15) is 58.4 Å². The van der Waals surface area contributed by atoms with Crippen molar-refractivity contribution in [2.45, 2.75) is 38.1 Å². The molecule has 3 aliphatic rings. The molecule has 3 N–H and O–H groups in total. The van der Waals surface area contributed by atoms with Crippen molar-refractivity contribution in [3.8, 4) is 17.2 Å². The average Bonchev–Trinajstić information content (AvgIpc) is 3.67. The summed E-state index contributed by atoms with van der Waals surface area (Å²) in [6.45, 7) is 2.03. The first-order chi connectivity index (χ1) is 24.2. The number of nitrogens with one attached hydrogen (secondary N) is 3. The van der Waals surface area contributed by atoms with Crippen LogP contribution in [0.2, 0.25) is 0 Å². The quantitative estimate of drug-likeness (QED) is 0.233. The molecule has 50 heavy (non-hydrogen) atoms.